The molecule has 160 valence electrons. The molecule has 7 heteroatoms. The second-order valence-corrected chi connectivity index (χ2v) is 14.4. The van der Waals surface area contributed by atoms with Crippen molar-refractivity contribution in [2.24, 2.45) is 0 Å². The first kappa shape index (κ1) is 24.7. The van der Waals surface area contributed by atoms with Gasteiger partial charge in [0.1, 0.15) is 5.75 Å². The molecule has 6 nitrogen and oxygen atoms in total. The lowest BCUT2D eigenvalue weighted by Crippen LogP contribution is -2.50. The van der Waals surface area contributed by atoms with Crippen LogP contribution in [0, 0.1) is 0 Å². The van der Waals surface area contributed by atoms with Crippen LogP contribution in [0.4, 0.5) is 0 Å². The van der Waals surface area contributed by atoms with Crippen LogP contribution in [0.15, 0.2) is 36.6 Å². The van der Waals surface area contributed by atoms with E-state index in [1.165, 1.54) is 0 Å². The van der Waals surface area contributed by atoms with Crippen molar-refractivity contribution in [2.75, 3.05) is 7.11 Å². The fraction of sp³-hybridized carbons (Fsp3) is 0.545. The number of rotatable bonds is 7. The monoisotopic (exact) mass is 417 g/mol. The Morgan fingerprint density at radius 2 is 1.66 bits per heavy atom. The summed E-state index contributed by atoms with van der Waals surface area (Å²) < 4.78 is 11.3. The maximum atomic E-state index is 13.3. The highest BCUT2D eigenvalue weighted by Crippen LogP contribution is 2.38. The Labute approximate surface area is 176 Å². The second-order valence-electron chi connectivity index (χ2n) is 9.64. The summed E-state index contributed by atoms with van der Waals surface area (Å²) >= 11 is 0. The van der Waals surface area contributed by atoms with Crippen molar-refractivity contribution >= 4 is 19.9 Å². The third-order valence-electron chi connectivity index (χ3n) is 5.31. The van der Waals surface area contributed by atoms with Gasteiger partial charge in [0.05, 0.1) is 7.11 Å². The van der Waals surface area contributed by atoms with Gasteiger partial charge in [0.15, 0.2) is 5.76 Å². The highest BCUT2D eigenvalue weighted by Gasteiger charge is 2.43. The van der Waals surface area contributed by atoms with Crippen molar-refractivity contribution < 1.29 is 18.7 Å². The van der Waals surface area contributed by atoms with Crippen molar-refractivity contribution in [2.45, 2.75) is 71.8 Å². The molecule has 1 aromatic rings. The third-order valence-corrected chi connectivity index (χ3v) is 9.67. The molecule has 0 N–H and O–H groups in total. The molecule has 0 saturated carbocycles. The first-order valence-electron chi connectivity index (χ1n) is 9.69. The zero-order chi connectivity index (χ0) is 22.6. The SMILES string of the molecule is C=C(O[Si](C)(C)C(C)(C)C)C(=[N+]=[N-])C(=O)N(Cc1ccc(OC)cc1)C(C)(C)C. The van der Waals surface area contributed by atoms with Gasteiger partial charge in [-0.25, -0.2) is 0 Å². The van der Waals surface area contributed by atoms with Gasteiger partial charge in [-0.05, 0) is 63.2 Å². The molecule has 0 fully saturated rings. The minimum atomic E-state index is -2.23. The fourth-order valence-electron chi connectivity index (χ4n) is 2.38. The van der Waals surface area contributed by atoms with Gasteiger partial charge in [0.25, 0.3) is 8.32 Å². The van der Waals surface area contributed by atoms with Gasteiger partial charge in [-0.1, -0.05) is 32.9 Å². The van der Waals surface area contributed by atoms with E-state index in [4.69, 9.17) is 9.16 Å². The third kappa shape index (κ3) is 6.31. The largest absolute Gasteiger partial charge is 0.538 e. The molecule has 1 rings (SSSR count). The predicted molar refractivity (Wildman–Crippen MR) is 119 cm³/mol. The standard InChI is InChI=1S/C22H35N3O3Si/c1-16(28-29(9,10)22(5,6)7)19(24-23)20(26)25(21(2,3)4)15-17-11-13-18(27-8)14-12-17/h11-14H,1,15H2,2-10H3. The summed E-state index contributed by atoms with van der Waals surface area (Å²) in [6.45, 7) is 20.4. The molecule has 0 aromatic heterocycles. The highest BCUT2D eigenvalue weighted by atomic mass is 28.4. The predicted octanol–water partition coefficient (Wildman–Crippen LogP) is 5.03. The first-order chi connectivity index (χ1) is 13.1. The maximum Gasteiger partial charge on any atom is 0.418 e. The number of hydrogen-bond acceptors (Lipinski definition) is 3. The number of methoxy groups -OCH3 is 1. The number of carbonyl (C=O) groups excluding carboxylic acids is 1. The second kappa shape index (κ2) is 8.97. The van der Waals surface area contributed by atoms with E-state index in [2.05, 4.69) is 45.2 Å². The van der Waals surface area contributed by atoms with Crippen molar-refractivity contribution in [1.82, 2.24) is 4.90 Å². The summed E-state index contributed by atoms with van der Waals surface area (Å²) in [5.41, 5.74) is 9.87. The molecule has 0 unspecified atom stereocenters. The van der Waals surface area contributed by atoms with Crippen molar-refractivity contribution in [3.05, 3.63) is 47.7 Å². The van der Waals surface area contributed by atoms with E-state index < -0.39 is 19.8 Å². The highest BCUT2D eigenvalue weighted by molar-refractivity contribution is 6.74. The van der Waals surface area contributed by atoms with Crippen LogP contribution in [0.3, 0.4) is 0 Å². The van der Waals surface area contributed by atoms with E-state index >= 15 is 0 Å². The summed E-state index contributed by atoms with van der Waals surface area (Å²) in [6.07, 6.45) is 0. The van der Waals surface area contributed by atoms with Crippen LogP contribution in [0.5, 0.6) is 5.75 Å². The van der Waals surface area contributed by atoms with Crippen molar-refractivity contribution in [3.8, 4) is 5.75 Å². The van der Waals surface area contributed by atoms with Gasteiger partial charge in [-0.3, -0.25) is 4.79 Å². The zero-order valence-corrected chi connectivity index (χ0v) is 20.3. The van der Waals surface area contributed by atoms with E-state index in [1.807, 2.05) is 45.0 Å². The van der Waals surface area contributed by atoms with Crippen LogP contribution < -0.4 is 4.74 Å². The lowest BCUT2D eigenvalue weighted by molar-refractivity contribution is -0.134. The van der Waals surface area contributed by atoms with Crippen LogP contribution in [0.2, 0.25) is 18.1 Å². The Kier molecular flexibility index (Phi) is 7.63. The summed E-state index contributed by atoms with van der Waals surface area (Å²) in [6, 6.07) is 7.51. The van der Waals surface area contributed by atoms with Crippen LogP contribution in [-0.2, 0) is 15.8 Å². The van der Waals surface area contributed by atoms with Crippen LogP contribution in [0.25, 0.3) is 5.53 Å². The molecule has 0 radical (unpaired) electrons. The van der Waals surface area contributed by atoms with Gasteiger partial charge < -0.3 is 19.6 Å². The molecule has 29 heavy (non-hydrogen) atoms. The van der Waals surface area contributed by atoms with E-state index in [1.54, 1.807) is 12.0 Å². The summed E-state index contributed by atoms with van der Waals surface area (Å²) in [5.74, 6) is 0.420. The summed E-state index contributed by atoms with van der Waals surface area (Å²) in [7, 11) is -0.625. The Morgan fingerprint density at radius 1 is 1.14 bits per heavy atom. The van der Waals surface area contributed by atoms with Gasteiger partial charge in [-0.2, -0.15) is 4.79 Å². The molecule has 0 aliphatic carbocycles. The van der Waals surface area contributed by atoms with Crippen molar-refractivity contribution in [3.63, 3.8) is 0 Å². The van der Waals surface area contributed by atoms with Gasteiger partial charge in [-0.15, -0.1) is 0 Å². The van der Waals surface area contributed by atoms with Gasteiger partial charge in [0, 0.05) is 12.1 Å². The summed E-state index contributed by atoms with van der Waals surface area (Å²) in [4.78, 5) is 18.2. The molecular formula is C22H35N3O3Si. The molecule has 1 amide bonds. The average molecular weight is 418 g/mol. The molecule has 0 aliphatic rings. The number of nitrogens with zero attached hydrogens (tertiary/aromatic N) is 3. The van der Waals surface area contributed by atoms with Crippen LogP contribution in [-0.4, -0.2) is 42.3 Å². The Morgan fingerprint density at radius 3 is 2.03 bits per heavy atom. The molecule has 0 atom stereocenters. The minimum Gasteiger partial charge on any atom is -0.538 e. The minimum absolute atomic E-state index is 0.0770. The lowest BCUT2D eigenvalue weighted by atomic mass is 10.0. The van der Waals surface area contributed by atoms with E-state index in [-0.39, 0.29) is 16.5 Å². The topological polar surface area (TPSA) is 75.2 Å². The van der Waals surface area contributed by atoms with Crippen LogP contribution >= 0.6 is 0 Å². The molecule has 0 saturated heterocycles. The number of benzene rings is 1. The smallest absolute Gasteiger partial charge is 0.418 e. The Bertz CT molecular complexity index is 796. The molecule has 1 aromatic carbocycles. The van der Waals surface area contributed by atoms with Crippen molar-refractivity contribution in [1.29, 1.82) is 0 Å². The normalized spacial score (nSPS) is 12.0. The quantitative estimate of drug-likeness (QED) is 0.205. The van der Waals surface area contributed by atoms with E-state index in [0.29, 0.717) is 6.54 Å². The maximum absolute atomic E-state index is 13.3. The average Bonchev–Trinajstić information content (AvgIpc) is 2.58. The van der Waals surface area contributed by atoms with E-state index in [0.717, 1.165) is 11.3 Å². The lowest BCUT2D eigenvalue weighted by Gasteiger charge is -2.37. The number of amides is 1. The van der Waals surface area contributed by atoms with Gasteiger partial charge in [0.2, 0.25) is 0 Å². The molecule has 0 aliphatic heterocycles. The van der Waals surface area contributed by atoms with Gasteiger partial charge >= 0.3 is 11.6 Å². The zero-order valence-electron chi connectivity index (χ0n) is 19.3. The van der Waals surface area contributed by atoms with Crippen LogP contribution in [0.1, 0.15) is 47.1 Å². The molecule has 0 spiro atoms. The summed E-state index contributed by atoms with van der Waals surface area (Å²) in [5, 5.41) is -0.0770. The Balaban J connectivity index is 3.16. The molecule has 0 bridgehead atoms. The fourth-order valence-corrected chi connectivity index (χ4v) is 3.40. The van der Waals surface area contributed by atoms with E-state index in [9.17, 15) is 10.3 Å². The number of carbonyl (C=O) groups is 1. The molecular weight excluding hydrogens is 382 g/mol. The first-order valence-corrected chi connectivity index (χ1v) is 12.6. The Hall–Kier alpha value is -2.37. The number of hydrogen-bond donors (Lipinski definition) is 0. The number of ether oxygens (including phenoxy) is 1. The molecule has 0 heterocycles.